The van der Waals surface area contributed by atoms with Gasteiger partial charge in [0, 0.05) is 21.5 Å². The summed E-state index contributed by atoms with van der Waals surface area (Å²) < 4.78 is 24.6. The monoisotopic (exact) mass is 922 g/mol. The molecule has 0 radical (unpaired) electrons. The van der Waals surface area contributed by atoms with E-state index in [0.717, 1.165) is 114 Å². The average Bonchev–Trinajstić information content (AvgIpc) is 3.39. The fourth-order valence-corrected chi connectivity index (χ4v) is 10.2. The molecule has 0 saturated heterocycles. The van der Waals surface area contributed by atoms with Gasteiger partial charge in [0.05, 0.1) is 0 Å². The Kier molecular flexibility index (Phi) is 14.0. The van der Waals surface area contributed by atoms with Crippen molar-refractivity contribution in [2.24, 2.45) is 0 Å². The maximum atomic E-state index is 14.0. The first kappa shape index (κ1) is 46.1. The average molecular weight is 923 g/mol. The highest BCUT2D eigenvalue weighted by molar-refractivity contribution is 6.27. The van der Waals surface area contributed by atoms with Crippen molar-refractivity contribution in [2.75, 3.05) is 0 Å². The number of carbonyl (C=O) groups is 2. The molecule has 0 fully saturated rings. The van der Waals surface area contributed by atoms with Crippen molar-refractivity contribution in [2.45, 2.75) is 90.9 Å². The summed E-state index contributed by atoms with van der Waals surface area (Å²) in [5, 5.41) is 10.9. The zero-order valence-electron chi connectivity index (χ0n) is 40.1. The highest BCUT2D eigenvalue weighted by Crippen LogP contribution is 2.50. The quantitative estimate of drug-likeness (QED) is 0.0392. The van der Waals surface area contributed by atoms with Crippen LogP contribution < -0.4 is 18.9 Å². The lowest BCUT2D eigenvalue weighted by Crippen LogP contribution is -2.14. The van der Waals surface area contributed by atoms with Crippen LogP contribution in [0.3, 0.4) is 0 Å². The molecule has 0 spiro atoms. The molecule has 0 atom stereocenters. The molecule has 350 valence electrons. The van der Waals surface area contributed by atoms with Gasteiger partial charge in [0.1, 0.15) is 23.0 Å². The molecule has 0 saturated carbocycles. The van der Waals surface area contributed by atoms with Crippen molar-refractivity contribution < 1.29 is 28.5 Å². The maximum Gasteiger partial charge on any atom is 0.519 e. The second-order valence-electron chi connectivity index (χ2n) is 18.5. The van der Waals surface area contributed by atoms with E-state index < -0.39 is 12.3 Å². The second kappa shape index (κ2) is 21.3. The van der Waals surface area contributed by atoms with Gasteiger partial charge in [-0.2, -0.15) is 0 Å². The van der Waals surface area contributed by atoms with Crippen LogP contribution in [-0.4, -0.2) is 12.3 Å². The number of aryl methyl sites for hydroxylation is 2. The Bertz CT molecular complexity index is 3300. The molecule has 0 bridgehead atoms. The normalized spacial score (nSPS) is 11.5. The van der Waals surface area contributed by atoms with Gasteiger partial charge in [0.15, 0.2) is 0 Å². The van der Waals surface area contributed by atoms with E-state index in [2.05, 4.69) is 62.4 Å². The largest absolute Gasteiger partial charge is 0.519 e. The molecule has 10 rings (SSSR count). The van der Waals surface area contributed by atoms with E-state index >= 15 is 0 Å². The summed E-state index contributed by atoms with van der Waals surface area (Å²) in [5.41, 5.74) is 4.45. The van der Waals surface area contributed by atoms with Crippen molar-refractivity contribution in [3.63, 3.8) is 0 Å². The molecular formula is C64H58O6. The van der Waals surface area contributed by atoms with Crippen LogP contribution in [0.4, 0.5) is 9.59 Å². The predicted molar refractivity (Wildman–Crippen MR) is 288 cm³/mol. The lowest BCUT2D eigenvalue weighted by Gasteiger charge is -2.22. The van der Waals surface area contributed by atoms with Gasteiger partial charge >= 0.3 is 12.3 Å². The maximum absolute atomic E-state index is 14.0. The molecule has 0 amide bonds. The van der Waals surface area contributed by atoms with E-state index in [1.54, 1.807) is 12.1 Å². The first-order chi connectivity index (χ1) is 34.4. The summed E-state index contributed by atoms with van der Waals surface area (Å²) in [6, 6.07) is 56.6. The minimum Gasteiger partial charge on any atom is -0.395 e. The molecule has 6 nitrogen and oxygen atoms in total. The smallest absolute Gasteiger partial charge is 0.395 e. The molecule has 0 heterocycles. The second-order valence-corrected chi connectivity index (χ2v) is 18.5. The topological polar surface area (TPSA) is 71.1 Å². The van der Waals surface area contributed by atoms with Crippen molar-refractivity contribution in [1.29, 1.82) is 0 Å². The lowest BCUT2D eigenvalue weighted by atomic mass is 9.84. The Morgan fingerprint density at radius 1 is 0.329 bits per heavy atom. The van der Waals surface area contributed by atoms with Crippen molar-refractivity contribution in [3.05, 3.63) is 181 Å². The van der Waals surface area contributed by atoms with Gasteiger partial charge in [-0.1, -0.05) is 211 Å². The minimum absolute atomic E-state index is 0.404. The summed E-state index contributed by atoms with van der Waals surface area (Å²) >= 11 is 0. The fraction of sp³-hybridized carbons (Fsp3) is 0.219. The zero-order chi connectivity index (χ0) is 47.8. The molecule has 0 aliphatic carbocycles. The van der Waals surface area contributed by atoms with Crippen LogP contribution in [0.25, 0.3) is 75.8 Å². The van der Waals surface area contributed by atoms with E-state index in [1.807, 2.05) is 109 Å². The Balaban J connectivity index is 1.15. The van der Waals surface area contributed by atoms with Crippen LogP contribution in [0.2, 0.25) is 0 Å². The van der Waals surface area contributed by atoms with Gasteiger partial charge < -0.3 is 18.9 Å². The highest BCUT2D eigenvalue weighted by atomic mass is 16.7. The third-order valence-corrected chi connectivity index (χ3v) is 13.7. The van der Waals surface area contributed by atoms with Gasteiger partial charge in [-0.3, -0.25) is 0 Å². The standard InChI is InChI=1S/C64H58O6/c1-3-5-7-9-11-21-43-31-37-55-57(39-43)59(51-27-17-19-29-53(51)61(55)69-63(65)67-49-35-33-45-23-13-15-25-47(45)41-49)60-52-28-18-20-30-54(52)62(56-38-32-44(40-58(56)60)22-12-10-8-6-4-2)70-64(66)68-50-36-34-46-24-14-16-26-48(46)42-50/h13-20,23-42H,3-12,21-22H2,1-2H3. The highest BCUT2D eigenvalue weighted by Gasteiger charge is 2.26. The minimum atomic E-state index is -0.814. The summed E-state index contributed by atoms with van der Waals surface area (Å²) in [7, 11) is 0. The predicted octanol–water partition coefficient (Wildman–Crippen LogP) is 18.5. The Labute approximate surface area is 409 Å². The number of hydrogen-bond acceptors (Lipinski definition) is 6. The molecule has 0 aromatic heterocycles. The molecule has 0 aliphatic heterocycles. The third kappa shape index (κ3) is 9.91. The SMILES string of the molecule is CCCCCCCc1ccc2c(OC(=O)Oc3ccc4ccccc4c3)c3ccccc3c(-c3c4ccccc4c(OC(=O)Oc4ccc5ccccc5c4)c4ccc(CCCCCCC)cc34)c2c1. The Morgan fingerprint density at radius 2 is 0.700 bits per heavy atom. The van der Waals surface area contributed by atoms with Crippen molar-refractivity contribution in [1.82, 2.24) is 0 Å². The summed E-state index contributed by atoms with van der Waals surface area (Å²) in [6.07, 6.45) is 11.9. The van der Waals surface area contributed by atoms with E-state index in [1.165, 1.54) is 49.7 Å². The summed E-state index contributed by atoms with van der Waals surface area (Å²) in [4.78, 5) is 28.0. The molecule has 10 aromatic rings. The summed E-state index contributed by atoms with van der Waals surface area (Å²) in [6.45, 7) is 4.49. The lowest BCUT2D eigenvalue weighted by molar-refractivity contribution is 0.152. The van der Waals surface area contributed by atoms with Crippen molar-refractivity contribution in [3.8, 4) is 34.1 Å². The van der Waals surface area contributed by atoms with Crippen molar-refractivity contribution >= 4 is 76.9 Å². The van der Waals surface area contributed by atoms with E-state index in [0.29, 0.717) is 23.0 Å². The van der Waals surface area contributed by atoms with E-state index in [-0.39, 0.29) is 0 Å². The molecule has 0 unspecified atom stereocenters. The number of rotatable bonds is 17. The van der Waals surface area contributed by atoms with Crippen LogP contribution >= 0.6 is 0 Å². The van der Waals surface area contributed by atoms with Crippen LogP contribution in [0.1, 0.15) is 89.2 Å². The fourth-order valence-electron chi connectivity index (χ4n) is 10.2. The van der Waals surface area contributed by atoms with E-state index in [4.69, 9.17) is 18.9 Å². The van der Waals surface area contributed by atoms with Crippen LogP contribution in [0, 0.1) is 0 Å². The molecule has 0 aliphatic rings. The number of ether oxygens (including phenoxy) is 4. The van der Waals surface area contributed by atoms with Gasteiger partial charge in [-0.25, -0.2) is 9.59 Å². The molecule has 10 aromatic carbocycles. The van der Waals surface area contributed by atoms with Crippen LogP contribution in [0.5, 0.6) is 23.0 Å². The molecule has 6 heteroatoms. The zero-order valence-corrected chi connectivity index (χ0v) is 40.1. The van der Waals surface area contributed by atoms with Gasteiger partial charge in [-0.05, 0) is 115 Å². The number of benzene rings is 10. The first-order valence-corrected chi connectivity index (χ1v) is 25.2. The van der Waals surface area contributed by atoms with Gasteiger partial charge in [0.25, 0.3) is 0 Å². The Hall–Kier alpha value is -7.70. The third-order valence-electron chi connectivity index (χ3n) is 13.7. The van der Waals surface area contributed by atoms with Crippen LogP contribution in [0.15, 0.2) is 170 Å². The summed E-state index contributed by atoms with van der Waals surface area (Å²) in [5.74, 6) is 1.68. The van der Waals surface area contributed by atoms with Gasteiger partial charge in [-0.15, -0.1) is 0 Å². The number of carbonyl (C=O) groups excluding carboxylic acids is 2. The molecule has 0 N–H and O–H groups in total. The molecule has 70 heavy (non-hydrogen) atoms. The van der Waals surface area contributed by atoms with E-state index in [9.17, 15) is 9.59 Å². The molecular weight excluding hydrogens is 865 g/mol. The first-order valence-electron chi connectivity index (χ1n) is 25.2. The Morgan fingerprint density at radius 3 is 1.13 bits per heavy atom. The number of fused-ring (bicyclic) bond motifs is 6. The van der Waals surface area contributed by atoms with Gasteiger partial charge in [0.2, 0.25) is 0 Å². The number of hydrogen-bond donors (Lipinski definition) is 0. The van der Waals surface area contributed by atoms with Crippen LogP contribution in [-0.2, 0) is 12.8 Å². The number of unbranched alkanes of at least 4 members (excludes halogenated alkanes) is 8.